The van der Waals surface area contributed by atoms with Crippen LogP contribution in [0.25, 0.3) is 0 Å². The fraction of sp³-hybridized carbons (Fsp3) is 0.750. The quantitative estimate of drug-likeness (QED) is 0.639. The molecule has 0 aromatic rings. The molecule has 2 aliphatic carbocycles. The van der Waals surface area contributed by atoms with Crippen molar-refractivity contribution in [3.05, 3.63) is 17.9 Å². The van der Waals surface area contributed by atoms with Crippen molar-refractivity contribution in [2.45, 2.75) is 38.6 Å². The molecule has 1 spiro atoms. The summed E-state index contributed by atoms with van der Waals surface area (Å²) in [6.45, 7) is 2.30. The summed E-state index contributed by atoms with van der Waals surface area (Å²) in [5.41, 5.74) is 3.81. The normalized spacial score (nSPS) is 34.9. The predicted octanol–water partition coefficient (Wildman–Crippen LogP) is 2.50. The van der Waals surface area contributed by atoms with Gasteiger partial charge in [-0.25, -0.2) is 0 Å². The summed E-state index contributed by atoms with van der Waals surface area (Å²) in [5.74, 6) is 0.804. The van der Waals surface area contributed by atoms with Crippen LogP contribution in [0.15, 0.2) is 17.9 Å². The third kappa shape index (κ3) is 1.47. The highest BCUT2D eigenvalue weighted by atomic mass is 14.9. The van der Waals surface area contributed by atoms with Crippen LogP contribution < -0.4 is 5.32 Å². The first-order valence-corrected chi connectivity index (χ1v) is 5.42. The lowest BCUT2D eigenvalue weighted by molar-refractivity contribution is 0.287. The largest absolute Gasteiger partial charge is 0.316 e. The molecule has 1 heteroatoms. The van der Waals surface area contributed by atoms with E-state index in [-0.39, 0.29) is 0 Å². The summed E-state index contributed by atoms with van der Waals surface area (Å²) >= 11 is 0. The maximum atomic E-state index is 3.51. The summed E-state index contributed by atoms with van der Waals surface area (Å²) in [7, 11) is 2.10. The summed E-state index contributed by atoms with van der Waals surface area (Å²) in [6.07, 6.45) is 9.71. The van der Waals surface area contributed by atoms with Gasteiger partial charge in [-0.05, 0) is 44.4 Å². The van der Waals surface area contributed by atoms with Crippen molar-refractivity contribution in [2.24, 2.45) is 11.3 Å². The minimum absolute atomic E-state index is 0.475. The molecule has 1 saturated carbocycles. The first-order valence-electron chi connectivity index (χ1n) is 5.42. The topological polar surface area (TPSA) is 12.0 Å². The summed E-state index contributed by atoms with van der Waals surface area (Å²) in [4.78, 5) is 0. The van der Waals surface area contributed by atoms with E-state index >= 15 is 0 Å². The molecule has 2 unspecified atom stereocenters. The molecular weight excluding hydrogens is 158 g/mol. The Morgan fingerprint density at radius 3 is 2.85 bits per heavy atom. The molecule has 1 fully saturated rings. The Morgan fingerprint density at radius 2 is 2.31 bits per heavy atom. The lowest BCUT2D eigenvalue weighted by Gasteiger charge is -2.29. The van der Waals surface area contributed by atoms with Crippen LogP contribution in [0.4, 0.5) is 0 Å². The van der Waals surface area contributed by atoms with E-state index in [4.69, 9.17) is 0 Å². The van der Waals surface area contributed by atoms with Crippen LogP contribution in [0.3, 0.4) is 0 Å². The molecule has 0 bridgehead atoms. The molecule has 1 nitrogen and oxygen atoms in total. The fourth-order valence-electron chi connectivity index (χ4n) is 2.66. The van der Waals surface area contributed by atoms with Gasteiger partial charge < -0.3 is 5.32 Å². The first kappa shape index (κ1) is 9.05. The molecule has 0 aromatic carbocycles. The number of hydrogen-bond acceptors (Lipinski definition) is 1. The van der Waals surface area contributed by atoms with Gasteiger partial charge >= 0.3 is 0 Å². The van der Waals surface area contributed by atoms with Crippen molar-refractivity contribution < 1.29 is 0 Å². The van der Waals surface area contributed by atoms with Gasteiger partial charge in [0, 0.05) is 11.5 Å². The molecular formula is C12H19N. The highest BCUT2D eigenvalue weighted by Gasteiger charge is 2.49. The SMILES string of the molecule is CCC1CC=C=CC2(CC2)C1NC. The van der Waals surface area contributed by atoms with Crippen LogP contribution in [0.5, 0.6) is 0 Å². The lowest BCUT2D eigenvalue weighted by atomic mass is 9.83. The number of hydrogen-bond donors (Lipinski definition) is 1. The molecule has 2 rings (SSSR count). The second kappa shape index (κ2) is 3.32. The Labute approximate surface area is 80.9 Å². The monoisotopic (exact) mass is 177 g/mol. The smallest absolute Gasteiger partial charge is 0.0192 e. The van der Waals surface area contributed by atoms with E-state index < -0.39 is 0 Å². The van der Waals surface area contributed by atoms with E-state index in [0.717, 1.165) is 5.92 Å². The second-order valence-electron chi connectivity index (χ2n) is 4.42. The van der Waals surface area contributed by atoms with Crippen LogP contribution in [-0.2, 0) is 0 Å². The number of rotatable bonds is 2. The van der Waals surface area contributed by atoms with Gasteiger partial charge in [-0.1, -0.05) is 13.3 Å². The van der Waals surface area contributed by atoms with Crippen molar-refractivity contribution in [1.82, 2.24) is 5.32 Å². The fourth-order valence-corrected chi connectivity index (χ4v) is 2.66. The standard InChI is InChI=1S/C12H19N/c1-3-10-6-4-5-7-12(8-9-12)11(10)13-2/h4,7,10-11,13H,3,6,8-9H2,1-2H3. The van der Waals surface area contributed by atoms with Gasteiger partial charge in [0.15, 0.2) is 0 Å². The van der Waals surface area contributed by atoms with Crippen LogP contribution in [0, 0.1) is 11.3 Å². The van der Waals surface area contributed by atoms with Gasteiger partial charge in [0.25, 0.3) is 0 Å². The Morgan fingerprint density at radius 1 is 1.54 bits per heavy atom. The first-order chi connectivity index (χ1) is 6.32. The van der Waals surface area contributed by atoms with Gasteiger partial charge in [0.1, 0.15) is 0 Å². The average molecular weight is 177 g/mol. The van der Waals surface area contributed by atoms with E-state index in [0.29, 0.717) is 11.5 Å². The predicted molar refractivity (Wildman–Crippen MR) is 55.6 cm³/mol. The van der Waals surface area contributed by atoms with E-state index in [9.17, 15) is 0 Å². The third-order valence-electron chi connectivity index (χ3n) is 3.66. The van der Waals surface area contributed by atoms with Gasteiger partial charge in [-0.3, -0.25) is 0 Å². The molecule has 2 aliphatic rings. The number of nitrogens with one attached hydrogen (secondary N) is 1. The van der Waals surface area contributed by atoms with E-state index in [1.165, 1.54) is 25.7 Å². The van der Waals surface area contributed by atoms with Crippen molar-refractivity contribution in [3.63, 3.8) is 0 Å². The summed E-state index contributed by atoms with van der Waals surface area (Å²) < 4.78 is 0. The second-order valence-corrected chi connectivity index (χ2v) is 4.42. The molecule has 72 valence electrons. The van der Waals surface area contributed by atoms with Crippen molar-refractivity contribution in [3.8, 4) is 0 Å². The van der Waals surface area contributed by atoms with Crippen molar-refractivity contribution in [1.29, 1.82) is 0 Å². The Kier molecular flexibility index (Phi) is 2.31. The zero-order valence-corrected chi connectivity index (χ0v) is 8.64. The molecule has 2 atom stereocenters. The maximum absolute atomic E-state index is 3.51. The van der Waals surface area contributed by atoms with Gasteiger partial charge in [-0.2, -0.15) is 0 Å². The summed E-state index contributed by atoms with van der Waals surface area (Å²) in [5, 5.41) is 3.51. The van der Waals surface area contributed by atoms with Gasteiger partial charge in [0.2, 0.25) is 0 Å². The van der Waals surface area contributed by atoms with E-state index in [1.54, 1.807) is 0 Å². The van der Waals surface area contributed by atoms with Gasteiger partial charge in [0.05, 0.1) is 0 Å². The van der Waals surface area contributed by atoms with Crippen LogP contribution in [-0.4, -0.2) is 13.1 Å². The molecule has 0 aliphatic heterocycles. The molecule has 0 aromatic heterocycles. The highest BCUT2D eigenvalue weighted by Crippen LogP contribution is 2.53. The average Bonchev–Trinajstić information content (AvgIpc) is 2.93. The molecule has 1 N–H and O–H groups in total. The third-order valence-corrected chi connectivity index (χ3v) is 3.66. The molecule has 13 heavy (non-hydrogen) atoms. The Balaban J connectivity index is 2.21. The van der Waals surface area contributed by atoms with E-state index in [2.05, 4.69) is 37.2 Å². The van der Waals surface area contributed by atoms with Gasteiger partial charge in [-0.15, -0.1) is 5.73 Å². The molecule has 0 saturated heterocycles. The maximum Gasteiger partial charge on any atom is 0.0192 e. The molecule has 0 heterocycles. The lowest BCUT2D eigenvalue weighted by Crippen LogP contribution is -2.40. The minimum atomic E-state index is 0.475. The van der Waals surface area contributed by atoms with E-state index in [1.807, 2.05) is 0 Å². The Hall–Kier alpha value is -0.520. The zero-order valence-electron chi connectivity index (χ0n) is 8.64. The summed E-state index contributed by atoms with van der Waals surface area (Å²) in [6, 6.07) is 0.684. The molecule has 0 radical (unpaired) electrons. The zero-order chi connectivity index (χ0) is 9.31. The van der Waals surface area contributed by atoms with Crippen LogP contribution in [0.2, 0.25) is 0 Å². The minimum Gasteiger partial charge on any atom is -0.316 e. The highest BCUT2D eigenvalue weighted by molar-refractivity contribution is 5.18. The van der Waals surface area contributed by atoms with Crippen molar-refractivity contribution in [2.75, 3.05) is 7.05 Å². The van der Waals surface area contributed by atoms with Crippen LogP contribution in [0.1, 0.15) is 32.6 Å². The molecule has 0 amide bonds. The van der Waals surface area contributed by atoms with Crippen molar-refractivity contribution >= 4 is 0 Å². The van der Waals surface area contributed by atoms with Crippen LogP contribution >= 0.6 is 0 Å². The Bertz CT molecular complexity index is 244.